The first-order chi connectivity index (χ1) is 11.6. The monoisotopic (exact) mass is 344 g/mol. The molecular weight excluding hydrogens is 332 g/mol. The van der Waals surface area contributed by atoms with Crippen molar-refractivity contribution in [2.75, 3.05) is 5.32 Å². The molecule has 3 rings (SSSR count). The second-order valence-corrected chi connectivity index (χ2v) is 5.60. The van der Waals surface area contributed by atoms with Gasteiger partial charge in [-0.25, -0.2) is 4.79 Å². The average Bonchev–Trinajstić information content (AvgIpc) is 3.03. The fourth-order valence-corrected chi connectivity index (χ4v) is 2.91. The van der Waals surface area contributed by atoms with Crippen molar-refractivity contribution in [2.45, 2.75) is 12.5 Å². The molecule has 122 valence electrons. The number of carboxylic acids is 1. The van der Waals surface area contributed by atoms with E-state index in [0.29, 0.717) is 5.52 Å². The van der Waals surface area contributed by atoms with Crippen LogP contribution < -0.4 is 5.32 Å². The first-order valence-corrected chi connectivity index (χ1v) is 7.72. The molecule has 0 saturated carbocycles. The molecule has 2 aromatic carbocycles. The number of nitrogens with one attached hydrogen (secondary N) is 1. The number of hydrogen-bond acceptors (Lipinski definition) is 7. The summed E-state index contributed by atoms with van der Waals surface area (Å²) in [5, 5.41) is 23.6. The Morgan fingerprint density at radius 3 is 2.67 bits per heavy atom. The molecule has 0 saturated heterocycles. The number of aromatic nitrogens is 2. The summed E-state index contributed by atoms with van der Waals surface area (Å²) in [5.41, 5.74) is 1.23. The number of carboxylic acid groups (broad SMARTS) is 1. The van der Waals surface area contributed by atoms with E-state index in [2.05, 4.69) is 14.1 Å². The molecule has 24 heavy (non-hydrogen) atoms. The average molecular weight is 344 g/mol. The first kappa shape index (κ1) is 15.8. The van der Waals surface area contributed by atoms with Crippen LogP contribution in [0, 0.1) is 10.1 Å². The van der Waals surface area contributed by atoms with E-state index < -0.39 is 16.9 Å². The third-order valence-electron chi connectivity index (χ3n) is 3.49. The van der Waals surface area contributed by atoms with Crippen LogP contribution in [0.5, 0.6) is 0 Å². The maximum atomic E-state index is 11.5. The zero-order valence-electron chi connectivity index (χ0n) is 12.2. The maximum absolute atomic E-state index is 11.5. The van der Waals surface area contributed by atoms with E-state index in [0.717, 1.165) is 17.3 Å². The van der Waals surface area contributed by atoms with E-state index >= 15 is 0 Å². The summed E-state index contributed by atoms with van der Waals surface area (Å²) in [6.45, 7) is 0. The van der Waals surface area contributed by atoms with Gasteiger partial charge >= 0.3 is 11.7 Å². The zero-order valence-corrected chi connectivity index (χ0v) is 13.1. The molecule has 8 nitrogen and oxygen atoms in total. The summed E-state index contributed by atoms with van der Waals surface area (Å²) >= 11 is 0.872. The van der Waals surface area contributed by atoms with Crippen molar-refractivity contribution in [3.63, 3.8) is 0 Å². The first-order valence-electron chi connectivity index (χ1n) is 6.99. The summed E-state index contributed by atoms with van der Waals surface area (Å²) in [4.78, 5) is 22.4. The summed E-state index contributed by atoms with van der Waals surface area (Å²) in [5.74, 6) is -1.09. The van der Waals surface area contributed by atoms with Crippen LogP contribution in [0.4, 0.5) is 11.4 Å². The number of fused-ring (bicyclic) bond motifs is 1. The van der Waals surface area contributed by atoms with E-state index in [1.54, 1.807) is 18.2 Å². The lowest BCUT2D eigenvalue weighted by Crippen LogP contribution is -2.31. The Kier molecular flexibility index (Phi) is 4.34. The minimum Gasteiger partial charge on any atom is -0.480 e. The number of aliphatic carboxylic acids is 1. The minimum absolute atomic E-state index is 0.114. The van der Waals surface area contributed by atoms with E-state index in [1.165, 1.54) is 6.07 Å². The smallest absolute Gasteiger partial charge is 0.326 e. The molecule has 0 aliphatic rings. The predicted molar refractivity (Wildman–Crippen MR) is 89.3 cm³/mol. The summed E-state index contributed by atoms with van der Waals surface area (Å²) in [6, 6.07) is 11.1. The molecule has 2 N–H and O–H groups in total. The van der Waals surface area contributed by atoms with Gasteiger partial charge in [-0.2, -0.15) is 8.75 Å². The molecule has 9 heteroatoms. The van der Waals surface area contributed by atoms with Gasteiger partial charge in [0.15, 0.2) is 5.52 Å². The van der Waals surface area contributed by atoms with Crippen LogP contribution >= 0.6 is 11.7 Å². The molecular formula is C15H12N4O4S. The van der Waals surface area contributed by atoms with Crippen LogP contribution in [-0.4, -0.2) is 30.8 Å². The number of nitrogens with zero attached hydrogens (tertiary/aromatic N) is 3. The Bertz CT molecular complexity index is 897. The lowest BCUT2D eigenvalue weighted by atomic mass is 10.1. The predicted octanol–water partition coefficient (Wildman–Crippen LogP) is 2.71. The molecule has 0 spiro atoms. The lowest BCUT2D eigenvalue weighted by Gasteiger charge is -2.16. The van der Waals surface area contributed by atoms with Crippen LogP contribution in [0.15, 0.2) is 42.5 Å². The highest BCUT2D eigenvalue weighted by Crippen LogP contribution is 2.32. The van der Waals surface area contributed by atoms with Gasteiger partial charge in [0.05, 0.1) is 16.7 Å². The Morgan fingerprint density at radius 2 is 2.00 bits per heavy atom. The van der Waals surface area contributed by atoms with Crippen molar-refractivity contribution in [3.8, 4) is 0 Å². The molecule has 0 unspecified atom stereocenters. The van der Waals surface area contributed by atoms with Gasteiger partial charge in [-0.3, -0.25) is 10.1 Å². The number of carbonyl (C=O) groups is 1. The summed E-state index contributed by atoms with van der Waals surface area (Å²) in [7, 11) is 0. The van der Waals surface area contributed by atoms with Crippen molar-refractivity contribution in [1.29, 1.82) is 0 Å². The summed E-state index contributed by atoms with van der Waals surface area (Å²) < 4.78 is 7.91. The van der Waals surface area contributed by atoms with E-state index in [9.17, 15) is 20.0 Å². The van der Waals surface area contributed by atoms with E-state index in [-0.39, 0.29) is 23.3 Å². The maximum Gasteiger partial charge on any atom is 0.326 e. The SMILES string of the molecule is O=C(O)[C@H](Cc1ccccc1)Nc1ccc2nsnc2c1[N+](=O)[O-]. The lowest BCUT2D eigenvalue weighted by molar-refractivity contribution is -0.382. The topological polar surface area (TPSA) is 118 Å². The standard InChI is InChI=1S/C15H12N4O4S/c20-15(21)12(8-9-4-2-1-3-5-9)16-11-7-6-10-13(18-24-17-10)14(11)19(22)23/h1-7,12,16H,8H2,(H,20,21)/t12-/m0/s1. The quantitative estimate of drug-likeness (QED) is 0.521. The Balaban J connectivity index is 1.95. The van der Waals surface area contributed by atoms with Crippen LogP contribution in [-0.2, 0) is 11.2 Å². The second-order valence-electron chi connectivity index (χ2n) is 5.08. The highest BCUT2D eigenvalue weighted by molar-refractivity contribution is 7.00. The highest BCUT2D eigenvalue weighted by Gasteiger charge is 2.26. The van der Waals surface area contributed by atoms with E-state index in [4.69, 9.17) is 0 Å². The minimum atomic E-state index is -1.09. The van der Waals surface area contributed by atoms with Crippen molar-refractivity contribution in [1.82, 2.24) is 8.75 Å². The second kappa shape index (κ2) is 6.59. The molecule has 3 aromatic rings. The molecule has 0 radical (unpaired) electrons. The molecule has 1 heterocycles. The number of rotatable bonds is 6. The number of anilines is 1. The fourth-order valence-electron chi connectivity index (χ4n) is 2.38. The third-order valence-corrected chi connectivity index (χ3v) is 4.04. The number of benzene rings is 2. The fraction of sp³-hybridized carbons (Fsp3) is 0.133. The van der Waals surface area contributed by atoms with Gasteiger partial charge < -0.3 is 10.4 Å². The molecule has 0 bridgehead atoms. The molecule has 0 aliphatic heterocycles. The van der Waals surface area contributed by atoms with Gasteiger partial charge in [-0.05, 0) is 17.7 Å². The molecule has 0 fully saturated rings. The molecule has 0 aliphatic carbocycles. The van der Waals surface area contributed by atoms with E-state index in [1.807, 2.05) is 18.2 Å². The van der Waals surface area contributed by atoms with Crippen molar-refractivity contribution < 1.29 is 14.8 Å². The van der Waals surface area contributed by atoms with Gasteiger partial charge in [0, 0.05) is 6.42 Å². The van der Waals surface area contributed by atoms with Crippen molar-refractivity contribution in [3.05, 3.63) is 58.1 Å². The van der Waals surface area contributed by atoms with Crippen molar-refractivity contribution in [2.24, 2.45) is 0 Å². The normalized spacial score (nSPS) is 12.0. The van der Waals surface area contributed by atoms with Gasteiger partial charge in [0.1, 0.15) is 17.2 Å². The number of hydrogen-bond donors (Lipinski definition) is 2. The summed E-state index contributed by atoms with van der Waals surface area (Å²) in [6.07, 6.45) is 0.195. The molecule has 1 atom stereocenters. The van der Waals surface area contributed by atoms with Crippen LogP contribution in [0.2, 0.25) is 0 Å². The Hall–Kier alpha value is -3.07. The third kappa shape index (κ3) is 3.15. The van der Waals surface area contributed by atoms with Gasteiger partial charge in [0.2, 0.25) is 0 Å². The molecule has 0 amide bonds. The van der Waals surface area contributed by atoms with Crippen molar-refractivity contribution >= 4 is 40.1 Å². The Labute approximate surface area is 140 Å². The van der Waals surface area contributed by atoms with Crippen LogP contribution in [0.25, 0.3) is 11.0 Å². The van der Waals surface area contributed by atoms with Crippen LogP contribution in [0.1, 0.15) is 5.56 Å². The number of nitro groups is 1. The van der Waals surface area contributed by atoms with Crippen LogP contribution in [0.3, 0.4) is 0 Å². The largest absolute Gasteiger partial charge is 0.480 e. The highest BCUT2D eigenvalue weighted by atomic mass is 32.1. The van der Waals surface area contributed by atoms with Gasteiger partial charge in [-0.1, -0.05) is 30.3 Å². The molecule has 1 aromatic heterocycles. The van der Waals surface area contributed by atoms with Gasteiger partial charge in [-0.15, -0.1) is 0 Å². The number of nitro benzene ring substituents is 1. The van der Waals surface area contributed by atoms with Gasteiger partial charge in [0.25, 0.3) is 0 Å². The Morgan fingerprint density at radius 1 is 1.25 bits per heavy atom. The zero-order chi connectivity index (χ0) is 17.1.